The number of carbonyl (C=O) groups excluding carboxylic acids is 1. The first-order chi connectivity index (χ1) is 8.39. The standard InChI is InChI=1S/C10H15F4N3O/c11-7-3-16-4-8(7)17-9(18)5-1-15-2-6(5)10(12,13)14/h5-8,15-16H,1-4H2,(H,17,18)/t5?,6?,7-,8+/m1/s1. The van der Waals surface area contributed by atoms with Crippen LogP contribution >= 0.6 is 0 Å². The summed E-state index contributed by atoms with van der Waals surface area (Å²) in [4.78, 5) is 11.8. The summed E-state index contributed by atoms with van der Waals surface area (Å²) in [6.45, 7) is 0.0942. The van der Waals surface area contributed by atoms with Crippen LogP contribution in [0, 0.1) is 11.8 Å². The molecule has 0 saturated carbocycles. The van der Waals surface area contributed by atoms with E-state index < -0.39 is 36.1 Å². The van der Waals surface area contributed by atoms with Gasteiger partial charge in [0.25, 0.3) is 0 Å². The highest BCUT2D eigenvalue weighted by molar-refractivity contribution is 5.80. The van der Waals surface area contributed by atoms with Gasteiger partial charge in [-0.1, -0.05) is 0 Å². The average Bonchev–Trinajstić information content (AvgIpc) is 2.86. The number of hydrogen-bond donors (Lipinski definition) is 3. The van der Waals surface area contributed by atoms with Crippen molar-refractivity contribution in [2.45, 2.75) is 18.4 Å². The summed E-state index contributed by atoms with van der Waals surface area (Å²) in [5, 5.41) is 7.64. The zero-order valence-corrected chi connectivity index (χ0v) is 9.56. The molecular formula is C10H15F4N3O. The second kappa shape index (κ2) is 5.00. The normalized spacial score (nSPS) is 36.9. The van der Waals surface area contributed by atoms with Gasteiger partial charge in [0, 0.05) is 26.2 Å². The summed E-state index contributed by atoms with van der Waals surface area (Å²) in [7, 11) is 0. The minimum Gasteiger partial charge on any atom is -0.349 e. The Morgan fingerprint density at radius 2 is 1.78 bits per heavy atom. The molecule has 1 amide bonds. The van der Waals surface area contributed by atoms with Gasteiger partial charge in [0.05, 0.1) is 17.9 Å². The first-order valence-electron chi connectivity index (χ1n) is 5.82. The molecule has 4 atom stereocenters. The zero-order chi connectivity index (χ0) is 13.3. The van der Waals surface area contributed by atoms with Gasteiger partial charge in [0.15, 0.2) is 0 Å². The van der Waals surface area contributed by atoms with Crippen molar-refractivity contribution in [3.63, 3.8) is 0 Å². The molecule has 0 aromatic rings. The van der Waals surface area contributed by atoms with Gasteiger partial charge >= 0.3 is 6.18 Å². The number of halogens is 4. The van der Waals surface area contributed by atoms with E-state index >= 15 is 0 Å². The van der Waals surface area contributed by atoms with Crippen LogP contribution in [0.2, 0.25) is 0 Å². The van der Waals surface area contributed by atoms with Crippen molar-refractivity contribution in [2.24, 2.45) is 11.8 Å². The zero-order valence-electron chi connectivity index (χ0n) is 9.56. The van der Waals surface area contributed by atoms with Crippen LogP contribution in [0.4, 0.5) is 17.6 Å². The fourth-order valence-electron chi connectivity index (χ4n) is 2.38. The molecule has 0 bridgehead atoms. The number of carbonyl (C=O) groups is 1. The van der Waals surface area contributed by atoms with Crippen LogP contribution in [0.1, 0.15) is 0 Å². The van der Waals surface area contributed by atoms with Crippen molar-refractivity contribution in [3.05, 3.63) is 0 Å². The van der Waals surface area contributed by atoms with E-state index in [0.29, 0.717) is 0 Å². The van der Waals surface area contributed by atoms with Crippen LogP contribution in [-0.2, 0) is 4.79 Å². The first kappa shape index (κ1) is 13.5. The molecule has 3 N–H and O–H groups in total. The van der Waals surface area contributed by atoms with E-state index in [9.17, 15) is 22.4 Å². The summed E-state index contributed by atoms with van der Waals surface area (Å²) in [5.41, 5.74) is 0. The lowest BCUT2D eigenvalue weighted by Crippen LogP contribution is -2.47. The summed E-state index contributed by atoms with van der Waals surface area (Å²) in [6.07, 6.45) is -5.65. The minimum atomic E-state index is -4.41. The fourth-order valence-corrected chi connectivity index (χ4v) is 2.38. The summed E-state index contributed by atoms with van der Waals surface area (Å²) in [6, 6.07) is -0.730. The molecular weight excluding hydrogens is 254 g/mol. The van der Waals surface area contributed by atoms with E-state index in [2.05, 4.69) is 16.0 Å². The van der Waals surface area contributed by atoms with Gasteiger partial charge in [-0.05, 0) is 0 Å². The Kier molecular flexibility index (Phi) is 3.76. The lowest BCUT2D eigenvalue weighted by molar-refractivity contribution is -0.182. The van der Waals surface area contributed by atoms with Gasteiger partial charge < -0.3 is 16.0 Å². The molecule has 2 unspecified atom stereocenters. The lowest BCUT2D eigenvalue weighted by atomic mass is 9.94. The Morgan fingerprint density at radius 1 is 1.11 bits per heavy atom. The topological polar surface area (TPSA) is 53.2 Å². The van der Waals surface area contributed by atoms with Gasteiger partial charge in [-0.2, -0.15) is 13.2 Å². The molecule has 104 valence electrons. The van der Waals surface area contributed by atoms with Gasteiger partial charge in [-0.3, -0.25) is 4.79 Å². The molecule has 2 fully saturated rings. The predicted molar refractivity (Wildman–Crippen MR) is 55.6 cm³/mol. The van der Waals surface area contributed by atoms with Crippen LogP contribution in [0.5, 0.6) is 0 Å². The molecule has 2 saturated heterocycles. The molecule has 2 heterocycles. The molecule has 0 aromatic carbocycles. The van der Waals surface area contributed by atoms with E-state index in [1.807, 2.05) is 0 Å². The van der Waals surface area contributed by atoms with Crippen molar-refractivity contribution in [2.75, 3.05) is 26.2 Å². The van der Waals surface area contributed by atoms with Gasteiger partial charge in [0.1, 0.15) is 6.17 Å². The Bertz CT molecular complexity index is 323. The number of nitrogens with one attached hydrogen (secondary N) is 3. The number of rotatable bonds is 2. The maximum absolute atomic E-state index is 13.3. The molecule has 0 radical (unpaired) electrons. The number of hydrogen-bond acceptors (Lipinski definition) is 3. The van der Waals surface area contributed by atoms with Crippen molar-refractivity contribution in [3.8, 4) is 0 Å². The number of amides is 1. The van der Waals surface area contributed by atoms with Crippen LogP contribution in [-0.4, -0.2) is 50.5 Å². The van der Waals surface area contributed by atoms with Gasteiger partial charge in [0.2, 0.25) is 5.91 Å². The largest absolute Gasteiger partial charge is 0.393 e. The molecule has 2 aliphatic rings. The molecule has 0 aromatic heterocycles. The second-order valence-electron chi connectivity index (χ2n) is 4.70. The molecule has 2 aliphatic heterocycles. The van der Waals surface area contributed by atoms with Crippen molar-refractivity contribution < 1.29 is 22.4 Å². The van der Waals surface area contributed by atoms with E-state index in [0.717, 1.165) is 0 Å². The molecule has 2 rings (SSSR count). The van der Waals surface area contributed by atoms with Gasteiger partial charge in [-0.15, -0.1) is 0 Å². The summed E-state index contributed by atoms with van der Waals surface area (Å²) >= 11 is 0. The summed E-state index contributed by atoms with van der Waals surface area (Å²) in [5.74, 6) is -3.58. The molecule has 18 heavy (non-hydrogen) atoms. The average molecular weight is 269 g/mol. The van der Waals surface area contributed by atoms with Gasteiger partial charge in [-0.25, -0.2) is 4.39 Å². The van der Waals surface area contributed by atoms with Crippen LogP contribution in [0.3, 0.4) is 0 Å². The highest BCUT2D eigenvalue weighted by Crippen LogP contribution is 2.34. The second-order valence-corrected chi connectivity index (χ2v) is 4.70. The maximum Gasteiger partial charge on any atom is 0.393 e. The van der Waals surface area contributed by atoms with E-state index in [1.165, 1.54) is 0 Å². The lowest BCUT2D eigenvalue weighted by Gasteiger charge is -2.23. The minimum absolute atomic E-state index is 0.0207. The smallest absolute Gasteiger partial charge is 0.349 e. The van der Waals surface area contributed by atoms with E-state index in [4.69, 9.17) is 0 Å². The molecule has 4 nitrogen and oxygen atoms in total. The molecule has 8 heteroatoms. The van der Waals surface area contributed by atoms with Crippen LogP contribution in [0.15, 0.2) is 0 Å². The molecule has 0 spiro atoms. The van der Waals surface area contributed by atoms with Crippen LogP contribution < -0.4 is 16.0 Å². The Hall–Kier alpha value is -0.890. The van der Waals surface area contributed by atoms with Crippen LogP contribution in [0.25, 0.3) is 0 Å². The fraction of sp³-hybridized carbons (Fsp3) is 0.900. The quantitative estimate of drug-likeness (QED) is 0.609. The summed E-state index contributed by atoms with van der Waals surface area (Å²) < 4.78 is 51.2. The van der Waals surface area contributed by atoms with Crippen molar-refractivity contribution >= 4 is 5.91 Å². The van der Waals surface area contributed by atoms with E-state index in [1.54, 1.807) is 0 Å². The first-order valence-corrected chi connectivity index (χ1v) is 5.82. The highest BCUT2D eigenvalue weighted by Gasteiger charge is 2.50. The van der Waals surface area contributed by atoms with Crippen molar-refractivity contribution in [1.82, 2.24) is 16.0 Å². The Morgan fingerprint density at radius 3 is 2.33 bits per heavy atom. The number of alkyl halides is 4. The predicted octanol–water partition coefficient (Wildman–Crippen LogP) is -0.190. The third-order valence-corrected chi connectivity index (χ3v) is 3.44. The van der Waals surface area contributed by atoms with E-state index in [-0.39, 0.29) is 26.2 Å². The molecule has 0 aliphatic carbocycles. The third-order valence-electron chi connectivity index (χ3n) is 3.44. The third kappa shape index (κ3) is 2.74. The monoisotopic (exact) mass is 269 g/mol. The highest BCUT2D eigenvalue weighted by atomic mass is 19.4. The SMILES string of the molecule is O=C(N[C@H]1CNC[C@H]1F)C1CNCC1C(F)(F)F. The Labute approximate surface area is 101 Å². The Balaban J connectivity index is 1.96. The maximum atomic E-state index is 13.3. The van der Waals surface area contributed by atoms with Crippen molar-refractivity contribution in [1.29, 1.82) is 0 Å².